The van der Waals surface area contributed by atoms with Gasteiger partial charge in [0.15, 0.2) is 0 Å². The van der Waals surface area contributed by atoms with Crippen molar-refractivity contribution in [3.05, 3.63) is 58.1 Å². The number of nitrogens with one attached hydrogen (secondary N) is 1. The summed E-state index contributed by atoms with van der Waals surface area (Å²) in [5.74, 6) is 0. The normalized spacial score (nSPS) is 14.5. The third kappa shape index (κ3) is 3.87. The molecule has 0 spiro atoms. The molecule has 3 heteroatoms. The Balaban J connectivity index is 1.68. The number of aryl methyl sites for hydroxylation is 1. The van der Waals surface area contributed by atoms with Crippen LogP contribution in [0, 0.1) is 6.92 Å². The van der Waals surface area contributed by atoms with Crippen LogP contribution < -0.4 is 5.32 Å². The van der Waals surface area contributed by atoms with E-state index in [-0.39, 0.29) is 0 Å². The highest BCUT2D eigenvalue weighted by molar-refractivity contribution is 9.10. The monoisotopic (exact) mass is 347 g/mol. The summed E-state index contributed by atoms with van der Waals surface area (Å²) in [5.41, 5.74) is 2.74. The molecule has 1 aliphatic carbocycles. The summed E-state index contributed by atoms with van der Waals surface area (Å²) in [5, 5.41) is 3.56. The predicted octanol–water partition coefficient (Wildman–Crippen LogP) is 5.16. The molecule has 0 aliphatic heterocycles. The van der Waals surface area contributed by atoms with Crippen LogP contribution in [0.2, 0.25) is 0 Å². The number of hydrogen-bond acceptors (Lipinski definition) is 2. The molecule has 3 rings (SSSR count). The molecular formula is C17H18BrNS. The van der Waals surface area contributed by atoms with E-state index in [4.69, 9.17) is 0 Å². The van der Waals surface area contributed by atoms with Crippen LogP contribution in [-0.2, 0) is 6.54 Å². The van der Waals surface area contributed by atoms with Crippen LogP contribution in [0.3, 0.4) is 0 Å². The first-order chi connectivity index (χ1) is 9.70. The van der Waals surface area contributed by atoms with Crippen molar-refractivity contribution >= 4 is 27.7 Å². The van der Waals surface area contributed by atoms with Gasteiger partial charge in [-0.2, -0.15) is 0 Å². The van der Waals surface area contributed by atoms with Crippen molar-refractivity contribution in [2.75, 3.05) is 0 Å². The maximum Gasteiger partial charge on any atom is 0.0208 e. The van der Waals surface area contributed by atoms with Crippen LogP contribution in [0.1, 0.15) is 24.0 Å². The van der Waals surface area contributed by atoms with Gasteiger partial charge in [0.25, 0.3) is 0 Å². The van der Waals surface area contributed by atoms with Gasteiger partial charge in [0.2, 0.25) is 0 Å². The number of benzene rings is 2. The molecule has 104 valence electrons. The topological polar surface area (TPSA) is 12.0 Å². The second kappa shape index (κ2) is 6.33. The van der Waals surface area contributed by atoms with Gasteiger partial charge in [0.05, 0.1) is 0 Å². The molecule has 0 unspecified atom stereocenters. The van der Waals surface area contributed by atoms with Gasteiger partial charge in [0.1, 0.15) is 0 Å². The van der Waals surface area contributed by atoms with E-state index >= 15 is 0 Å². The molecule has 0 bridgehead atoms. The summed E-state index contributed by atoms with van der Waals surface area (Å²) in [6.07, 6.45) is 2.69. The van der Waals surface area contributed by atoms with Crippen molar-refractivity contribution < 1.29 is 0 Å². The summed E-state index contributed by atoms with van der Waals surface area (Å²) in [6.45, 7) is 3.19. The standard InChI is InChI=1S/C17H18BrNS/c1-12-10-13(11-19-15-5-6-15)2-9-17(12)20-16-7-3-14(18)4-8-16/h2-4,7-10,15,19H,5-6,11H2,1H3. The quantitative estimate of drug-likeness (QED) is 0.801. The minimum Gasteiger partial charge on any atom is -0.310 e. The van der Waals surface area contributed by atoms with Gasteiger partial charge in [-0.05, 0) is 61.2 Å². The van der Waals surface area contributed by atoms with Crippen molar-refractivity contribution in [1.82, 2.24) is 5.32 Å². The van der Waals surface area contributed by atoms with Crippen molar-refractivity contribution in [3.63, 3.8) is 0 Å². The van der Waals surface area contributed by atoms with E-state index in [0.29, 0.717) is 0 Å². The van der Waals surface area contributed by atoms with Gasteiger partial charge < -0.3 is 5.32 Å². The molecule has 0 amide bonds. The zero-order chi connectivity index (χ0) is 13.9. The Kier molecular flexibility index (Phi) is 4.49. The molecule has 1 aliphatic rings. The average Bonchev–Trinajstić information content (AvgIpc) is 3.26. The second-order valence-electron chi connectivity index (χ2n) is 5.31. The molecule has 0 atom stereocenters. The summed E-state index contributed by atoms with van der Waals surface area (Å²) < 4.78 is 1.13. The van der Waals surface area contributed by atoms with E-state index in [1.165, 1.54) is 33.8 Å². The molecule has 1 saturated carbocycles. The Labute approximate surface area is 133 Å². The first kappa shape index (κ1) is 14.2. The van der Waals surface area contributed by atoms with Crippen LogP contribution in [0.25, 0.3) is 0 Å². The van der Waals surface area contributed by atoms with Gasteiger partial charge in [-0.15, -0.1) is 0 Å². The van der Waals surface area contributed by atoms with Gasteiger partial charge in [-0.25, -0.2) is 0 Å². The SMILES string of the molecule is Cc1cc(CNC2CC2)ccc1Sc1ccc(Br)cc1. The average molecular weight is 348 g/mol. The minimum atomic E-state index is 0.770. The smallest absolute Gasteiger partial charge is 0.0208 e. The second-order valence-corrected chi connectivity index (χ2v) is 7.34. The third-order valence-electron chi connectivity index (χ3n) is 3.45. The van der Waals surface area contributed by atoms with Crippen LogP contribution in [0.5, 0.6) is 0 Å². The molecule has 20 heavy (non-hydrogen) atoms. The van der Waals surface area contributed by atoms with Gasteiger partial charge in [-0.1, -0.05) is 39.8 Å². The highest BCUT2D eigenvalue weighted by Gasteiger charge is 2.19. The molecular weight excluding hydrogens is 330 g/mol. The molecule has 2 aromatic carbocycles. The molecule has 0 heterocycles. The van der Waals surface area contributed by atoms with E-state index in [0.717, 1.165) is 17.1 Å². The summed E-state index contributed by atoms with van der Waals surface area (Å²) in [7, 11) is 0. The Morgan fingerprint density at radius 2 is 1.90 bits per heavy atom. The lowest BCUT2D eigenvalue weighted by Gasteiger charge is -2.09. The van der Waals surface area contributed by atoms with Gasteiger partial charge in [0, 0.05) is 26.9 Å². The summed E-state index contributed by atoms with van der Waals surface area (Å²) >= 11 is 5.30. The zero-order valence-corrected chi connectivity index (χ0v) is 13.9. The number of halogens is 1. The Morgan fingerprint density at radius 1 is 1.15 bits per heavy atom. The third-order valence-corrected chi connectivity index (χ3v) is 5.17. The molecule has 0 radical (unpaired) electrons. The highest BCUT2D eigenvalue weighted by atomic mass is 79.9. The lowest BCUT2D eigenvalue weighted by molar-refractivity contribution is 0.687. The van der Waals surface area contributed by atoms with E-state index in [2.05, 4.69) is 70.6 Å². The number of hydrogen-bond donors (Lipinski definition) is 1. The van der Waals surface area contributed by atoms with Gasteiger partial charge >= 0.3 is 0 Å². The van der Waals surface area contributed by atoms with E-state index in [9.17, 15) is 0 Å². The minimum absolute atomic E-state index is 0.770. The van der Waals surface area contributed by atoms with Crippen molar-refractivity contribution in [2.24, 2.45) is 0 Å². The van der Waals surface area contributed by atoms with Crippen LogP contribution in [0.4, 0.5) is 0 Å². The highest BCUT2D eigenvalue weighted by Crippen LogP contribution is 2.31. The Bertz CT molecular complexity index is 590. The van der Waals surface area contributed by atoms with Gasteiger partial charge in [-0.3, -0.25) is 0 Å². The zero-order valence-electron chi connectivity index (χ0n) is 11.5. The first-order valence-electron chi connectivity index (χ1n) is 6.97. The van der Waals surface area contributed by atoms with E-state index in [1.54, 1.807) is 0 Å². The fourth-order valence-corrected chi connectivity index (χ4v) is 3.26. The molecule has 0 saturated heterocycles. The fraction of sp³-hybridized carbons (Fsp3) is 0.294. The fourth-order valence-electron chi connectivity index (χ4n) is 2.12. The van der Waals surface area contributed by atoms with E-state index < -0.39 is 0 Å². The van der Waals surface area contributed by atoms with Crippen molar-refractivity contribution in [2.45, 2.75) is 42.1 Å². The van der Waals surface area contributed by atoms with E-state index in [1.807, 2.05) is 11.8 Å². The largest absolute Gasteiger partial charge is 0.310 e. The van der Waals surface area contributed by atoms with Crippen LogP contribution in [-0.4, -0.2) is 6.04 Å². The lowest BCUT2D eigenvalue weighted by atomic mass is 10.1. The predicted molar refractivity (Wildman–Crippen MR) is 89.3 cm³/mol. The lowest BCUT2D eigenvalue weighted by Crippen LogP contribution is -2.15. The number of rotatable bonds is 5. The molecule has 1 nitrogen and oxygen atoms in total. The van der Waals surface area contributed by atoms with Crippen molar-refractivity contribution in [1.29, 1.82) is 0 Å². The molecule has 1 fully saturated rings. The first-order valence-corrected chi connectivity index (χ1v) is 8.58. The maximum absolute atomic E-state index is 3.56. The molecule has 2 aromatic rings. The van der Waals surface area contributed by atoms with Crippen LogP contribution in [0.15, 0.2) is 56.7 Å². The Morgan fingerprint density at radius 3 is 2.55 bits per heavy atom. The summed E-state index contributed by atoms with van der Waals surface area (Å²) in [6, 6.07) is 16.0. The molecule has 0 aromatic heterocycles. The maximum atomic E-state index is 3.56. The Hall–Kier alpha value is -0.770. The van der Waals surface area contributed by atoms with Crippen molar-refractivity contribution in [3.8, 4) is 0 Å². The molecule has 1 N–H and O–H groups in total. The summed E-state index contributed by atoms with van der Waals surface area (Å²) in [4.78, 5) is 2.61. The van der Waals surface area contributed by atoms with Crippen LogP contribution >= 0.6 is 27.7 Å².